The zero-order valence-corrected chi connectivity index (χ0v) is 11.0. The van der Waals surface area contributed by atoms with Crippen LogP contribution in [0.15, 0.2) is 35.1 Å². The molecule has 96 valence electrons. The molecule has 2 aromatic heterocycles. The number of nitro groups is 1. The molecule has 0 bridgehead atoms. The number of carbonyl (C=O) groups is 1. The molecule has 0 aromatic carbocycles. The van der Waals surface area contributed by atoms with Gasteiger partial charge in [0.15, 0.2) is 6.29 Å². The Morgan fingerprint density at radius 3 is 2.84 bits per heavy atom. The summed E-state index contributed by atoms with van der Waals surface area (Å²) in [6.07, 6.45) is 2.10. The monoisotopic (exact) mass is 322 g/mol. The van der Waals surface area contributed by atoms with E-state index in [1.54, 1.807) is 18.2 Å². The van der Waals surface area contributed by atoms with Gasteiger partial charge in [0.25, 0.3) is 0 Å². The second-order valence-corrected chi connectivity index (χ2v) is 4.26. The fourth-order valence-corrected chi connectivity index (χ4v) is 1.71. The van der Waals surface area contributed by atoms with Crippen LogP contribution in [0, 0.1) is 10.1 Å². The summed E-state index contributed by atoms with van der Waals surface area (Å²) < 4.78 is 0.349. The lowest BCUT2D eigenvalue weighted by Crippen LogP contribution is -2.02. The van der Waals surface area contributed by atoms with E-state index in [0.29, 0.717) is 16.5 Å². The molecule has 0 spiro atoms. The zero-order valence-electron chi connectivity index (χ0n) is 9.41. The molecule has 19 heavy (non-hydrogen) atoms. The Bertz CT molecular complexity index is 648. The molecule has 2 heterocycles. The molecule has 0 aliphatic rings. The standard InChI is InChI=1S/C11H7BrN4O3/c12-9-4-3-8(11(15-9)16(18)19)14-10-7(6-17)2-1-5-13-10/h1-6H,(H,13,14). The van der Waals surface area contributed by atoms with Gasteiger partial charge >= 0.3 is 5.82 Å². The molecular weight excluding hydrogens is 316 g/mol. The molecule has 0 unspecified atom stereocenters. The van der Waals surface area contributed by atoms with Crippen LogP contribution >= 0.6 is 15.9 Å². The number of carbonyl (C=O) groups excluding carboxylic acids is 1. The van der Waals surface area contributed by atoms with E-state index in [4.69, 9.17) is 0 Å². The molecule has 0 saturated heterocycles. The quantitative estimate of drug-likeness (QED) is 0.402. The van der Waals surface area contributed by atoms with E-state index in [2.05, 4.69) is 31.2 Å². The average Bonchev–Trinajstić information content (AvgIpc) is 2.41. The first-order chi connectivity index (χ1) is 9.11. The molecule has 0 aliphatic heterocycles. The van der Waals surface area contributed by atoms with Gasteiger partial charge in [0.2, 0.25) is 4.60 Å². The zero-order chi connectivity index (χ0) is 13.8. The van der Waals surface area contributed by atoms with E-state index >= 15 is 0 Å². The summed E-state index contributed by atoms with van der Waals surface area (Å²) in [6, 6.07) is 6.20. The Morgan fingerprint density at radius 2 is 2.16 bits per heavy atom. The van der Waals surface area contributed by atoms with Gasteiger partial charge in [-0.15, -0.1) is 0 Å². The summed E-state index contributed by atoms with van der Waals surface area (Å²) >= 11 is 3.06. The molecule has 0 radical (unpaired) electrons. The molecule has 0 atom stereocenters. The van der Waals surface area contributed by atoms with Crippen molar-refractivity contribution in [1.29, 1.82) is 0 Å². The number of aldehydes is 1. The summed E-state index contributed by atoms with van der Waals surface area (Å²) in [5.74, 6) is -0.110. The van der Waals surface area contributed by atoms with Crippen LogP contribution < -0.4 is 5.32 Å². The Labute approximate surface area is 116 Å². The van der Waals surface area contributed by atoms with Crippen LogP contribution in [-0.2, 0) is 0 Å². The van der Waals surface area contributed by atoms with Crippen molar-refractivity contribution in [3.8, 4) is 0 Å². The van der Waals surface area contributed by atoms with Crippen LogP contribution in [0.5, 0.6) is 0 Å². The fraction of sp³-hybridized carbons (Fsp3) is 0. The van der Waals surface area contributed by atoms with Gasteiger partial charge in [-0.25, -0.2) is 4.98 Å². The van der Waals surface area contributed by atoms with Gasteiger partial charge in [0, 0.05) is 22.1 Å². The second kappa shape index (κ2) is 5.53. The van der Waals surface area contributed by atoms with Gasteiger partial charge in [0.1, 0.15) is 11.5 Å². The Balaban J connectivity index is 2.43. The Hall–Kier alpha value is -2.35. The predicted octanol–water partition coefficient (Wildman–Crippen LogP) is 2.70. The minimum atomic E-state index is -0.614. The van der Waals surface area contributed by atoms with Crippen molar-refractivity contribution in [2.24, 2.45) is 0 Å². The molecule has 0 saturated carbocycles. The largest absolute Gasteiger partial charge is 0.388 e. The van der Waals surface area contributed by atoms with E-state index in [9.17, 15) is 14.9 Å². The topological polar surface area (TPSA) is 98.0 Å². The maximum absolute atomic E-state index is 10.9. The fourth-order valence-electron chi connectivity index (χ4n) is 1.41. The van der Waals surface area contributed by atoms with E-state index in [0.717, 1.165) is 0 Å². The second-order valence-electron chi connectivity index (χ2n) is 3.45. The summed E-state index contributed by atoms with van der Waals surface area (Å²) in [6.45, 7) is 0. The highest BCUT2D eigenvalue weighted by Crippen LogP contribution is 2.27. The van der Waals surface area contributed by atoms with Gasteiger partial charge < -0.3 is 15.4 Å². The Morgan fingerprint density at radius 1 is 1.37 bits per heavy atom. The van der Waals surface area contributed by atoms with E-state index in [1.807, 2.05) is 0 Å². The molecule has 0 amide bonds. The third-order valence-electron chi connectivity index (χ3n) is 2.23. The molecule has 7 nitrogen and oxygen atoms in total. The maximum atomic E-state index is 10.9. The van der Waals surface area contributed by atoms with Gasteiger partial charge in [-0.1, -0.05) is 0 Å². The third-order valence-corrected chi connectivity index (χ3v) is 2.67. The molecule has 2 aromatic rings. The molecule has 0 fully saturated rings. The van der Waals surface area contributed by atoms with Crippen LogP contribution in [0.3, 0.4) is 0 Å². The minimum absolute atomic E-state index is 0.162. The van der Waals surface area contributed by atoms with Crippen LogP contribution in [0.2, 0.25) is 0 Å². The maximum Gasteiger partial charge on any atom is 0.388 e. The lowest BCUT2D eigenvalue weighted by atomic mass is 10.2. The SMILES string of the molecule is O=Cc1cccnc1Nc1ccc(Br)nc1[N+](=O)[O-]. The first kappa shape index (κ1) is 13.1. The van der Waals surface area contributed by atoms with Crippen molar-refractivity contribution in [3.63, 3.8) is 0 Å². The van der Waals surface area contributed by atoms with Crippen LogP contribution in [-0.4, -0.2) is 21.2 Å². The smallest absolute Gasteiger partial charge is 0.358 e. The van der Waals surface area contributed by atoms with Gasteiger partial charge in [0.05, 0.1) is 5.56 Å². The lowest BCUT2D eigenvalue weighted by Gasteiger charge is -2.07. The highest BCUT2D eigenvalue weighted by atomic mass is 79.9. The molecular formula is C11H7BrN4O3. The number of nitrogens with one attached hydrogen (secondary N) is 1. The molecule has 1 N–H and O–H groups in total. The molecule has 0 aliphatic carbocycles. The number of aromatic nitrogens is 2. The summed E-state index contributed by atoms with van der Waals surface area (Å²) in [5.41, 5.74) is 0.467. The number of nitrogens with zero attached hydrogens (tertiary/aromatic N) is 3. The number of rotatable bonds is 4. The van der Waals surface area contributed by atoms with Crippen molar-refractivity contribution in [2.45, 2.75) is 0 Å². The molecule has 8 heteroatoms. The van der Waals surface area contributed by atoms with E-state index < -0.39 is 4.92 Å². The highest BCUT2D eigenvalue weighted by Gasteiger charge is 2.18. The van der Waals surface area contributed by atoms with Crippen molar-refractivity contribution in [1.82, 2.24) is 9.97 Å². The highest BCUT2D eigenvalue weighted by molar-refractivity contribution is 9.10. The van der Waals surface area contributed by atoms with Crippen molar-refractivity contribution in [3.05, 3.63) is 50.7 Å². The number of pyridine rings is 2. The first-order valence-electron chi connectivity index (χ1n) is 5.10. The van der Waals surface area contributed by atoms with Gasteiger partial charge in [-0.3, -0.25) is 4.79 Å². The van der Waals surface area contributed by atoms with Crippen molar-refractivity contribution in [2.75, 3.05) is 5.32 Å². The number of hydrogen-bond donors (Lipinski definition) is 1. The predicted molar refractivity (Wildman–Crippen MR) is 71.5 cm³/mol. The van der Waals surface area contributed by atoms with E-state index in [1.165, 1.54) is 12.3 Å². The molecule has 2 rings (SSSR count). The normalized spacial score (nSPS) is 9.95. The summed E-state index contributed by atoms with van der Waals surface area (Å²) in [5, 5.41) is 13.6. The van der Waals surface area contributed by atoms with Crippen LogP contribution in [0.1, 0.15) is 10.4 Å². The lowest BCUT2D eigenvalue weighted by molar-refractivity contribution is -0.388. The number of anilines is 2. The Kier molecular flexibility index (Phi) is 3.81. The summed E-state index contributed by atoms with van der Waals surface area (Å²) in [7, 11) is 0. The first-order valence-corrected chi connectivity index (χ1v) is 5.89. The van der Waals surface area contributed by atoms with E-state index in [-0.39, 0.29) is 17.3 Å². The van der Waals surface area contributed by atoms with Crippen molar-refractivity contribution >= 4 is 39.5 Å². The van der Waals surface area contributed by atoms with Gasteiger partial charge in [-0.05, 0) is 34.2 Å². The third kappa shape index (κ3) is 2.91. The van der Waals surface area contributed by atoms with Crippen LogP contribution in [0.25, 0.3) is 0 Å². The summed E-state index contributed by atoms with van der Waals surface area (Å²) in [4.78, 5) is 28.9. The van der Waals surface area contributed by atoms with Gasteiger partial charge in [-0.2, -0.15) is 0 Å². The number of hydrogen-bond acceptors (Lipinski definition) is 6. The average molecular weight is 323 g/mol. The minimum Gasteiger partial charge on any atom is -0.358 e. The number of halogens is 1. The van der Waals surface area contributed by atoms with Crippen molar-refractivity contribution < 1.29 is 9.72 Å². The van der Waals surface area contributed by atoms with Crippen LogP contribution in [0.4, 0.5) is 17.3 Å².